The highest BCUT2D eigenvalue weighted by Crippen LogP contribution is 2.40. The van der Waals surface area contributed by atoms with E-state index in [0.717, 1.165) is 37.2 Å². The van der Waals surface area contributed by atoms with Crippen molar-refractivity contribution in [3.63, 3.8) is 0 Å². The zero-order valence-corrected chi connectivity index (χ0v) is 12.9. The zero-order chi connectivity index (χ0) is 14.0. The lowest BCUT2D eigenvalue weighted by atomic mass is 9.79. The summed E-state index contributed by atoms with van der Waals surface area (Å²) in [4.78, 5) is 16.8. The zero-order valence-electron chi connectivity index (χ0n) is 11.3. The third kappa shape index (κ3) is 2.87. The molecule has 5 heteroatoms. The molecule has 0 aliphatic carbocycles. The molecule has 2 saturated heterocycles. The Balaban J connectivity index is 1.77. The summed E-state index contributed by atoms with van der Waals surface area (Å²) in [6.45, 7) is 0.672. The molecule has 3 heterocycles. The summed E-state index contributed by atoms with van der Waals surface area (Å²) in [6.07, 6.45) is 5.33. The molecule has 3 rings (SSSR count). The fraction of sp³-hybridized carbons (Fsp3) is 0.600. The summed E-state index contributed by atoms with van der Waals surface area (Å²) in [7, 11) is 0. The molecule has 1 unspecified atom stereocenters. The van der Waals surface area contributed by atoms with E-state index in [1.165, 1.54) is 0 Å². The SMILES string of the molecule is O=C(c1ncccc1Cl)C1CCOC2(CCSCC2)C1. The van der Waals surface area contributed by atoms with Crippen LogP contribution in [0, 0.1) is 5.92 Å². The number of ketones is 1. The lowest BCUT2D eigenvalue weighted by molar-refractivity contribution is -0.0960. The molecule has 2 aliphatic heterocycles. The molecule has 1 spiro atoms. The van der Waals surface area contributed by atoms with Crippen molar-refractivity contribution in [2.75, 3.05) is 18.1 Å². The van der Waals surface area contributed by atoms with Crippen LogP contribution in [-0.4, -0.2) is 34.5 Å². The maximum Gasteiger partial charge on any atom is 0.185 e. The molecule has 2 aliphatic rings. The average Bonchev–Trinajstić information content (AvgIpc) is 2.48. The first-order valence-corrected chi connectivity index (χ1v) is 8.60. The molecule has 1 aromatic heterocycles. The molecule has 20 heavy (non-hydrogen) atoms. The van der Waals surface area contributed by atoms with Gasteiger partial charge in [-0.05, 0) is 49.3 Å². The Labute approximate surface area is 128 Å². The summed E-state index contributed by atoms with van der Waals surface area (Å²) in [5.74, 6) is 2.34. The standard InChI is InChI=1S/C15H18ClNO2S/c16-12-2-1-6-17-13(12)14(18)11-3-7-19-15(10-11)4-8-20-9-5-15/h1-2,6,11H,3-5,7-10H2. The number of halogens is 1. The van der Waals surface area contributed by atoms with Crippen molar-refractivity contribution in [3.05, 3.63) is 29.0 Å². The summed E-state index contributed by atoms with van der Waals surface area (Å²) in [6, 6.07) is 3.48. The molecule has 0 bridgehead atoms. The van der Waals surface area contributed by atoms with Crippen LogP contribution in [0.3, 0.4) is 0 Å². The van der Waals surface area contributed by atoms with E-state index in [2.05, 4.69) is 4.98 Å². The van der Waals surface area contributed by atoms with Crippen LogP contribution in [0.25, 0.3) is 0 Å². The van der Waals surface area contributed by atoms with E-state index < -0.39 is 0 Å². The van der Waals surface area contributed by atoms with Crippen molar-refractivity contribution in [2.45, 2.75) is 31.3 Å². The van der Waals surface area contributed by atoms with Gasteiger partial charge in [0.25, 0.3) is 0 Å². The summed E-state index contributed by atoms with van der Waals surface area (Å²) in [5.41, 5.74) is 0.340. The second-order valence-corrected chi connectivity index (χ2v) is 7.16. The van der Waals surface area contributed by atoms with Crippen molar-refractivity contribution in [3.8, 4) is 0 Å². The fourth-order valence-electron chi connectivity index (χ4n) is 3.10. The number of carbonyl (C=O) groups excluding carboxylic acids is 1. The molecule has 0 aromatic carbocycles. The van der Waals surface area contributed by atoms with Crippen molar-refractivity contribution in [2.24, 2.45) is 5.92 Å². The number of thioether (sulfide) groups is 1. The minimum Gasteiger partial charge on any atom is -0.375 e. The summed E-state index contributed by atoms with van der Waals surface area (Å²) < 4.78 is 6.03. The summed E-state index contributed by atoms with van der Waals surface area (Å²) in [5, 5.41) is 0.456. The van der Waals surface area contributed by atoms with Gasteiger partial charge < -0.3 is 4.74 Å². The average molecular weight is 312 g/mol. The first-order valence-electron chi connectivity index (χ1n) is 7.07. The molecule has 0 N–H and O–H groups in total. The predicted molar refractivity (Wildman–Crippen MR) is 81.5 cm³/mol. The van der Waals surface area contributed by atoms with Crippen LogP contribution in [-0.2, 0) is 4.74 Å². The van der Waals surface area contributed by atoms with E-state index in [1.807, 2.05) is 11.8 Å². The number of rotatable bonds is 2. The third-order valence-corrected chi connectivity index (χ3v) is 5.55. The molecule has 108 valence electrons. The molecule has 0 saturated carbocycles. The minimum absolute atomic E-state index is 0.000694. The molecule has 3 nitrogen and oxygen atoms in total. The van der Waals surface area contributed by atoms with Gasteiger partial charge in [-0.15, -0.1) is 0 Å². The molecule has 0 amide bonds. The van der Waals surface area contributed by atoms with Gasteiger partial charge in [-0.3, -0.25) is 9.78 Å². The number of hydrogen-bond acceptors (Lipinski definition) is 4. The quantitative estimate of drug-likeness (QED) is 0.782. The predicted octanol–water partition coefficient (Wildman–Crippen LogP) is 3.61. The van der Waals surface area contributed by atoms with E-state index in [0.29, 0.717) is 17.3 Å². The normalized spacial score (nSPS) is 25.6. The van der Waals surface area contributed by atoms with Crippen LogP contribution in [0.2, 0.25) is 5.02 Å². The van der Waals surface area contributed by atoms with E-state index in [1.54, 1.807) is 18.3 Å². The van der Waals surface area contributed by atoms with E-state index in [-0.39, 0.29) is 17.3 Å². The van der Waals surface area contributed by atoms with Crippen molar-refractivity contribution < 1.29 is 9.53 Å². The summed E-state index contributed by atoms with van der Waals surface area (Å²) >= 11 is 8.07. The van der Waals surface area contributed by atoms with E-state index in [4.69, 9.17) is 16.3 Å². The number of Topliss-reactive ketones (excluding diaryl/α,β-unsaturated/α-hetero) is 1. The first kappa shape index (κ1) is 14.4. The largest absolute Gasteiger partial charge is 0.375 e. The Kier molecular flexibility index (Phi) is 4.34. The van der Waals surface area contributed by atoms with Crippen molar-refractivity contribution in [1.29, 1.82) is 0 Å². The lowest BCUT2D eigenvalue weighted by Gasteiger charge is -2.42. The van der Waals surface area contributed by atoms with E-state index in [9.17, 15) is 4.79 Å². The highest BCUT2D eigenvalue weighted by atomic mass is 35.5. The Morgan fingerprint density at radius 2 is 2.25 bits per heavy atom. The van der Waals surface area contributed by atoms with Crippen LogP contribution >= 0.6 is 23.4 Å². The van der Waals surface area contributed by atoms with Gasteiger partial charge in [-0.25, -0.2) is 0 Å². The third-order valence-electron chi connectivity index (χ3n) is 4.26. The molecule has 1 aromatic rings. The molecule has 0 radical (unpaired) electrons. The second kappa shape index (κ2) is 6.04. The monoisotopic (exact) mass is 311 g/mol. The fourth-order valence-corrected chi connectivity index (χ4v) is 4.56. The van der Waals surface area contributed by atoms with Crippen LogP contribution < -0.4 is 0 Å². The molecule has 1 atom stereocenters. The Bertz CT molecular complexity index is 497. The van der Waals surface area contributed by atoms with Gasteiger partial charge in [0.1, 0.15) is 5.69 Å². The van der Waals surface area contributed by atoms with Gasteiger partial charge >= 0.3 is 0 Å². The van der Waals surface area contributed by atoms with Gasteiger partial charge in [0, 0.05) is 18.7 Å². The lowest BCUT2D eigenvalue weighted by Crippen LogP contribution is -2.44. The number of hydrogen-bond donors (Lipinski definition) is 0. The number of ether oxygens (including phenoxy) is 1. The Hall–Kier alpha value is -0.580. The number of aromatic nitrogens is 1. The van der Waals surface area contributed by atoms with Gasteiger partial charge in [-0.1, -0.05) is 11.6 Å². The van der Waals surface area contributed by atoms with Crippen molar-refractivity contribution >= 4 is 29.1 Å². The Morgan fingerprint density at radius 3 is 3.00 bits per heavy atom. The van der Waals surface area contributed by atoms with Crippen LogP contribution in [0.15, 0.2) is 18.3 Å². The minimum atomic E-state index is -0.0783. The molecule has 2 fully saturated rings. The smallest absolute Gasteiger partial charge is 0.185 e. The Morgan fingerprint density at radius 1 is 1.45 bits per heavy atom. The maximum atomic E-state index is 12.6. The number of carbonyl (C=O) groups is 1. The maximum absolute atomic E-state index is 12.6. The number of nitrogens with zero attached hydrogens (tertiary/aromatic N) is 1. The van der Waals surface area contributed by atoms with Crippen LogP contribution in [0.4, 0.5) is 0 Å². The number of pyridine rings is 1. The van der Waals surface area contributed by atoms with Crippen molar-refractivity contribution in [1.82, 2.24) is 4.98 Å². The van der Waals surface area contributed by atoms with E-state index >= 15 is 0 Å². The van der Waals surface area contributed by atoms with Crippen LogP contribution in [0.5, 0.6) is 0 Å². The molecular formula is C15H18ClNO2S. The second-order valence-electron chi connectivity index (χ2n) is 5.53. The van der Waals surface area contributed by atoms with Gasteiger partial charge in [0.05, 0.1) is 10.6 Å². The van der Waals surface area contributed by atoms with Crippen LogP contribution in [0.1, 0.15) is 36.2 Å². The topological polar surface area (TPSA) is 39.2 Å². The highest BCUT2D eigenvalue weighted by molar-refractivity contribution is 7.99. The first-order chi connectivity index (χ1) is 9.70. The van der Waals surface area contributed by atoms with Gasteiger partial charge in [0.2, 0.25) is 0 Å². The van der Waals surface area contributed by atoms with Gasteiger partial charge in [0.15, 0.2) is 5.78 Å². The highest BCUT2D eigenvalue weighted by Gasteiger charge is 2.41. The molecular weight excluding hydrogens is 294 g/mol. The van der Waals surface area contributed by atoms with Gasteiger partial charge in [-0.2, -0.15) is 11.8 Å².